The molecule has 0 radical (unpaired) electrons. The summed E-state index contributed by atoms with van der Waals surface area (Å²) in [7, 11) is 0. The molecule has 1 aromatic rings. The van der Waals surface area contributed by atoms with E-state index in [1.165, 1.54) is 19.9 Å². The summed E-state index contributed by atoms with van der Waals surface area (Å²) in [5.41, 5.74) is 5.85. The number of carboxylic acids is 1. The minimum absolute atomic E-state index is 0.180. The summed E-state index contributed by atoms with van der Waals surface area (Å²) >= 11 is 0. The number of nitrogens with two attached hydrogens (primary N) is 1. The molecule has 0 unspecified atom stereocenters. The molecule has 0 fully saturated rings. The van der Waals surface area contributed by atoms with Gasteiger partial charge in [-0.05, 0) is 70.3 Å². The van der Waals surface area contributed by atoms with E-state index in [1.807, 2.05) is 30.3 Å². The number of nitrogens with one attached hydrogen (secondary N) is 6. The van der Waals surface area contributed by atoms with Gasteiger partial charge in [0.25, 0.3) is 5.91 Å². The monoisotopic (exact) mass is 874 g/mol. The first-order valence-corrected chi connectivity index (χ1v) is 21.2. The summed E-state index contributed by atoms with van der Waals surface area (Å²) in [6.45, 7) is 21.2. The van der Waals surface area contributed by atoms with E-state index in [0.717, 1.165) is 5.56 Å². The SMILES string of the molecule is C/C=C(\NC(=O)[C@@H](N)Cc1ccccc1)C(=O)N[C@H](C(=O)O[C@H](C)[C@@H](NC(=O)[C@H](NC(=O)OC(C)(C)C)[C@@H](C)CC)C(=O)N[C@@H](C(=O)N[C@@H](C(=O)O)C(C)C)[C@@H](C)CC)C(C)C. The average molecular weight is 874 g/mol. The lowest BCUT2D eigenvalue weighted by molar-refractivity contribution is -0.157. The Morgan fingerprint density at radius 1 is 0.677 bits per heavy atom. The Hall–Kier alpha value is -5.52. The zero-order valence-corrected chi connectivity index (χ0v) is 38.5. The lowest BCUT2D eigenvalue weighted by Gasteiger charge is -2.32. The highest BCUT2D eigenvalue weighted by atomic mass is 16.6. The van der Waals surface area contributed by atoms with E-state index < -0.39 is 119 Å². The Labute approximate surface area is 366 Å². The number of carboxylic acid groups (broad SMARTS) is 1. The first-order chi connectivity index (χ1) is 28.8. The second-order valence-corrected chi connectivity index (χ2v) is 17.3. The zero-order valence-electron chi connectivity index (χ0n) is 38.5. The lowest BCUT2D eigenvalue weighted by Crippen LogP contribution is -2.63. The van der Waals surface area contributed by atoms with Crippen LogP contribution in [0.25, 0.3) is 0 Å². The number of rotatable bonds is 23. The number of aliphatic carboxylic acids is 1. The van der Waals surface area contributed by atoms with Gasteiger partial charge in [0, 0.05) is 0 Å². The number of alkyl carbamates (subject to hydrolysis) is 1. The molecule has 0 saturated carbocycles. The summed E-state index contributed by atoms with van der Waals surface area (Å²) < 4.78 is 11.2. The number of allylic oxidation sites excluding steroid dienone is 1. The number of carbonyl (C=O) groups is 8. The fraction of sp³-hybridized carbons (Fsp3) is 0.636. The van der Waals surface area contributed by atoms with E-state index in [2.05, 4.69) is 31.9 Å². The minimum atomic E-state index is -1.70. The Kier molecular flexibility index (Phi) is 22.3. The van der Waals surface area contributed by atoms with Crippen molar-refractivity contribution in [1.82, 2.24) is 31.9 Å². The van der Waals surface area contributed by atoms with Gasteiger partial charge in [0.05, 0.1) is 6.04 Å². The van der Waals surface area contributed by atoms with E-state index in [0.29, 0.717) is 12.8 Å². The molecule has 1 aromatic carbocycles. The number of ether oxygens (including phenoxy) is 2. The van der Waals surface area contributed by atoms with E-state index in [4.69, 9.17) is 15.2 Å². The third kappa shape index (κ3) is 17.8. The molecule has 1 rings (SSSR count). The van der Waals surface area contributed by atoms with Crippen LogP contribution in [0.3, 0.4) is 0 Å². The van der Waals surface area contributed by atoms with E-state index in [9.17, 15) is 43.5 Å². The average Bonchev–Trinajstić information content (AvgIpc) is 3.19. The number of esters is 1. The van der Waals surface area contributed by atoms with Crippen LogP contribution in [0, 0.1) is 23.7 Å². The minimum Gasteiger partial charge on any atom is -0.480 e. The number of carbonyl (C=O) groups excluding carboxylic acids is 7. The smallest absolute Gasteiger partial charge is 0.408 e. The molecule has 348 valence electrons. The van der Waals surface area contributed by atoms with Crippen LogP contribution in [-0.4, -0.2) is 101 Å². The molecule has 0 bridgehead atoms. The Morgan fingerprint density at radius 2 is 1.15 bits per heavy atom. The molecule has 9 N–H and O–H groups in total. The first kappa shape index (κ1) is 54.5. The van der Waals surface area contributed by atoms with Crippen molar-refractivity contribution in [3.63, 3.8) is 0 Å². The molecule has 0 heterocycles. The van der Waals surface area contributed by atoms with Crippen LogP contribution < -0.4 is 37.6 Å². The molecule has 0 aliphatic carbocycles. The van der Waals surface area contributed by atoms with Crippen molar-refractivity contribution in [2.45, 2.75) is 157 Å². The molecule has 0 aromatic heterocycles. The molecule has 18 nitrogen and oxygen atoms in total. The van der Waals surface area contributed by atoms with Gasteiger partial charge in [-0.25, -0.2) is 14.4 Å². The maximum atomic E-state index is 14.3. The highest BCUT2D eigenvalue weighted by Crippen LogP contribution is 2.16. The molecule has 6 amide bonds. The van der Waals surface area contributed by atoms with Gasteiger partial charge in [-0.15, -0.1) is 0 Å². The van der Waals surface area contributed by atoms with Crippen LogP contribution in [0.15, 0.2) is 42.1 Å². The van der Waals surface area contributed by atoms with Gasteiger partial charge in [-0.3, -0.25) is 24.0 Å². The largest absolute Gasteiger partial charge is 0.480 e. The van der Waals surface area contributed by atoms with Crippen molar-refractivity contribution in [2.75, 3.05) is 0 Å². The number of benzene rings is 1. The van der Waals surface area contributed by atoms with Crippen LogP contribution in [0.5, 0.6) is 0 Å². The molecule has 0 spiro atoms. The number of hydrogen-bond donors (Lipinski definition) is 8. The third-order valence-corrected chi connectivity index (χ3v) is 10.2. The predicted molar refractivity (Wildman–Crippen MR) is 233 cm³/mol. The Bertz CT molecular complexity index is 1730. The molecule has 9 atom stereocenters. The van der Waals surface area contributed by atoms with Crippen LogP contribution in [0.2, 0.25) is 0 Å². The van der Waals surface area contributed by atoms with Crippen molar-refractivity contribution >= 4 is 47.6 Å². The van der Waals surface area contributed by atoms with Gasteiger partial charge >= 0.3 is 18.0 Å². The maximum absolute atomic E-state index is 14.3. The van der Waals surface area contributed by atoms with Crippen LogP contribution >= 0.6 is 0 Å². The predicted octanol–water partition coefficient (Wildman–Crippen LogP) is 2.83. The molecule has 18 heteroatoms. The molecule has 0 aliphatic rings. The number of amides is 6. The zero-order chi connectivity index (χ0) is 47.6. The topological polar surface area (TPSA) is 273 Å². The second-order valence-electron chi connectivity index (χ2n) is 17.3. The normalized spacial score (nSPS) is 16.2. The summed E-state index contributed by atoms with van der Waals surface area (Å²) in [6, 6.07) is 1.23. The van der Waals surface area contributed by atoms with Crippen molar-refractivity contribution in [3.05, 3.63) is 47.7 Å². The fourth-order valence-electron chi connectivity index (χ4n) is 5.96. The Balaban J connectivity index is 3.53. The van der Waals surface area contributed by atoms with Crippen molar-refractivity contribution in [2.24, 2.45) is 29.4 Å². The van der Waals surface area contributed by atoms with Gasteiger partial charge in [-0.1, -0.05) is 105 Å². The molecule has 62 heavy (non-hydrogen) atoms. The second kappa shape index (κ2) is 25.4. The van der Waals surface area contributed by atoms with Crippen molar-refractivity contribution in [1.29, 1.82) is 0 Å². The van der Waals surface area contributed by atoms with Gasteiger partial charge in [-0.2, -0.15) is 0 Å². The number of hydrogen-bond acceptors (Lipinski definition) is 11. The van der Waals surface area contributed by atoms with Crippen molar-refractivity contribution in [3.8, 4) is 0 Å². The van der Waals surface area contributed by atoms with Gasteiger partial charge in [0.15, 0.2) is 0 Å². The van der Waals surface area contributed by atoms with Crippen LogP contribution in [-0.2, 0) is 49.5 Å². The summed E-state index contributed by atoms with van der Waals surface area (Å²) in [5, 5.41) is 25.1. The Morgan fingerprint density at radius 3 is 1.60 bits per heavy atom. The summed E-state index contributed by atoms with van der Waals surface area (Å²) in [6.07, 6.45) is -0.0338. The fourth-order valence-corrected chi connectivity index (χ4v) is 5.96. The third-order valence-electron chi connectivity index (χ3n) is 10.2. The van der Waals surface area contributed by atoms with E-state index >= 15 is 0 Å². The quantitative estimate of drug-likeness (QED) is 0.0583. The van der Waals surface area contributed by atoms with Gasteiger partial charge in [0.1, 0.15) is 47.6 Å². The highest BCUT2D eigenvalue weighted by Gasteiger charge is 2.39. The summed E-state index contributed by atoms with van der Waals surface area (Å²) in [4.78, 5) is 107. The standard InChI is InChI=1S/C44H71N7O11/c1-14-25(8)33(38(54)47-31(23(4)5)41(57)58)49-40(56)35(50-39(55)34(26(9)15-2)51-43(60)62-44(11,12)13)27(10)61-42(59)32(24(6)7)48-37(53)30(16-3)46-36(52)29(45)22-28-20-18-17-19-21-28/h16-21,23-27,29,31-35H,14-15,22,45H2,1-13H3,(H,46,52)(H,47,54)(H,48,53)(H,49,56)(H,50,55)(H,51,60)(H,57,58)/b30-16-/t25-,26-,27+,29-,31+,32-,33+,34+,35+/m0/s1. The lowest BCUT2D eigenvalue weighted by atomic mass is 9.95. The van der Waals surface area contributed by atoms with Gasteiger partial charge < -0.3 is 52.2 Å². The molecular weight excluding hydrogens is 803 g/mol. The molecule has 0 aliphatic heterocycles. The van der Waals surface area contributed by atoms with Gasteiger partial charge in [0.2, 0.25) is 23.6 Å². The molecule has 0 saturated heterocycles. The highest BCUT2D eigenvalue weighted by molar-refractivity contribution is 6.00. The van der Waals surface area contributed by atoms with Crippen LogP contribution in [0.4, 0.5) is 4.79 Å². The van der Waals surface area contributed by atoms with E-state index in [-0.39, 0.29) is 12.1 Å². The van der Waals surface area contributed by atoms with Crippen molar-refractivity contribution < 1.29 is 52.9 Å². The van der Waals surface area contributed by atoms with Crippen LogP contribution in [0.1, 0.15) is 108 Å². The van der Waals surface area contributed by atoms with E-state index in [1.54, 1.807) is 76.2 Å². The first-order valence-electron chi connectivity index (χ1n) is 21.2. The maximum Gasteiger partial charge on any atom is 0.408 e. The summed E-state index contributed by atoms with van der Waals surface area (Å²) in [5.74, 6) is -8.45. The molecular formula is C44H71N7O11.